The lowest BCUT2D eigenvalue weighted by molar-refractivity contribution is -0.132. The summed E-state index contributed by atoms with van der Waals surface area (Å²) in [5.74, 6) is -1.49. The first-order valence-electron chi connectivity index (χ1n) is 8.61. The maximum absolute atomic E-state index is 12.3. The smallest absolute Gasteiger partial charge is 0.335 e. The van der Waals surface area contributed by atoms with Gasteiger partial charge in [0, 0.05) is 12.7 Å². The molecule has 0 atom stereocenters. The normalized spacial score (nSPS) is 10.4. The van der Waals surface area contributed by atoms with E-state index in [0.29, 0.717) is 5.56 Å². The molecule has 0 spiro atoms. The highest BCUT2D eigenvalue weighted by Gasteiger charge is 2.15. The minimum Gasteiger partial charge on any atom is -0.478 e. The summed E-state index contributed by atoms with van der Waals surface area (Å²) in [6.45, 7) is 5.82. The summed E-state index contributed by atoms with van der Waals surface area (Å²) in [5, 5.41) is 11.8. The van der Waals surface area contributed by atoms with E-state index >= 15 is 0 Å². The summed E-state index contributed by atoms with van der Waals surface area (Å²) < 4.78 is 0. The van der Waals surface area contributed by atoms with Gasteiger partial charge in [-0.25, -0.2) is 4.79 Å². The Labute approximate surface area is 158 Å². The van der Waals surface area contributed by atoms with Crippen molar-refractivity contribution in [2.45, 2.75) is 27.2 Å². The number of hydrogen-bond acceptors (Lipinski definition) is 3. The second-order valence-electron chi connectivity index (χ2n) is 6.75. The number of nitrogens with zero attached hydrogens (tertiary/aromatic N) is 1. The number of aromatic carboxylic acids is 1. The molecule has 2 aromatic carbocycles. The average molecular weight is 368 g/mol. The molecule has 0 radical (unpaired) electrons. The van der Waals surface area contributed by atoms with Crippen LogP contribution in [0.3, 0.4) is 0 Å². The molecule has 0 saturated heterocycles. The average Bonchev–Trinajstić information content (AvgIpc) is 2.58. The number of aryl methyl sites for hydroxylation is 3. The zero-order chi connectivity index (χ0) is 20.1. The van der Waals surface area contributed by atoms with E-state index in [-0.39, 0.29) is 30.3 Å². The summed E-state index contributed by atoms with van der Waals surface area (Å²) in [6, 6.07) is 10.1. The third-order valence-corrected chi connectivity index (χ3v) is 4.30. The fourth-order valence-corrected chi connectivity index (χ4v) is 2.93. The zero-order valence-corrected chi connectivity index (χ0v) is 16.0. The van der Waals surface area contributed by atoms with Crippen LogP contribution in [-0.4, -0.2) is 41.4 Å². The first-order valence-corrected chi connectivity index (χ1v) is 8.61. The summed E-state index contributed by atoms with van der Waals surface area (Å²) in [4.78, 5) is 36.9. The molecule has 2 aromatic rings. The Morgan fingerprint density at radius 3 is 2.07 bits per heavy atom. The maximum Gasteiger partial charge on any atom is 0.335 e. The Morgan fingerprint density at radius 2 is 1.56 bits per heavy atom. The second-order valence-corrected chi connectivity index (χ2v) is 6.75. The zero-order valence-electron chi connectivity index (χ0n) is 16.0. The van der Waals surface area contributed by atoms with E-state index in [9.17, 15) is 14.4 Å². The lowest BCUT2D eigenvalue weighted by Gasteiger charge is -2.18. The highest BCUT2D eigenvalue weighted by atomic mass is 16.4. The number of nitrogens with one attached hydrogen (secondary N) is 1. The van der Waals surface area contributed by atoms with Crippen LogP contribution in [0.15, 0.2) is 36.4 Å². The number of benzene rings is 2. The molecule has 0 heterocycles. The quantitative estimate of drug-likeness (QED) is 0.821. The largest absolute Gasteiger partial charge is 0.478 e. The van der Waals surface area contributed by atoms with Gasteiger partial charge in [0.25, 0.3) is 0 Å². The number of amides is 2. The molecular weight excluding hydrogens is 344 g/mol. The molecule has 0 aliphatic rings. The number of carboxylic acid groups (broad SMARTS) is 1. The Balaban J connectivity index is 1.95. The minimum absolute atomic E-state index is 0.0567. The first-order chi connectivity index (χ1) is 12.7. The first kappa shape index (κ1) is 20.2. The van der Waals surface area contributed by atoms with Crippen LogP contribution < -0.4 is 5.32 Å². The molecule has 0 fully saturated rings. The van der Waals surface area contributed by atoms with Gasteiger partial charge in [-0.3, -0.25) is 9.59 Å². The Hall–Kier alpha value is -3.15. The number of carbonyl (C=O) groups is 3. The Kier molecular flexibility index (Phi) is 6.34. The predicted octanol–water partition coefficient (Wildman–Crippen LogP) is 2.95. The molecule has 142 valence electrons. The van der Waals surface area contributed by atoms with E-state index in [0.717, 1.165) is 22.4 Å². The number of likely N-dealkylation sites (N-methyl/N-ethyl adjacent to an activating group) is 1. The lowest BCUT2D eigenvalue weighted by atomic mass is 10.1. The van der Waals surface area contributed by atoms with Gasteiger partial charge >= 0.3 is 5.97 Å². The summed E-state index contributed by atoms with van der Waals surface area (Å²) in [5.41, 5.74) is 4.73. The molecule has 2 rings (SSSR count). The number of carboxylic acids is 1. The molecule has 6 heteroatoms. The van der Waals surface area contributed by atoms with Gasteiger partial charge in [0.15, 0.2) is 0 Å². The number of anilines is 1. The van der Waals surface area contributed by atoms with Crippen molar-refractivity contribution in [2.24, 2.45) is 0 Å². The third-order valence-electron chi connectivity index (χ3n) is 4.30. The fraction of sp³-hybridized carbons (Fsp3) is 0.286. The van der Waals surface area contributed by atoms with Crippen LogP contribution in [0.5, 0.6) is 0 Å². The van der Waals surface area contributed by atoms with Crippen LogP contribution in [0.1, 0.15) is 32.6 Å². The van der Waals surface area contributed by atoms with Crippen molar-refractivity contribution >= 4 is 23.5 Å². The molecule has 0 aliphatic carbocycles. The van der Waals surface area contributed by atoms with Crippen LogP contribution in [0.25, 0.3) is 0 Å². The van der Waals surface area contributed by atoms with Crippen molar-refractivity contribution in [2.75, 3.05) is 18.9 Å². The van der Waals surface area contributed by atoms with Crippen molar-refractivity contribution in [1.82, 2.24) is 4.90 Å². The molecular formula is C21H24N2O4. The molecule has 0 aliphatic heterocycles. The van der Waals surface area contributed by atoms with E-state index in [2.05, 4.69) is 5.32 Å². The van der Waals surface area contributed by atoms with Crippen LogP contribution in [0, 0.1) is 20.8 Å². The number of carbonyl (C=O) groups excluding carboxylic acids is 2. The molecule has 0 bridgehead atoms. The monoisotopic (exact) mass is 368 g/mol. The molecule has 0 aromatic heterocycles. The molecule has 0 saturated carbocycles. The van der Waals surface area contributed by atoms with Crippen LogP contribution in [-0.2, 0) is 16.0 Å². The number of rotatable bonds is 6. The van der Waals surface area contributed by atoms with Gasteiger partial charge < -0.3 is 15.3 Å². The van der Waals surface area contributed by atoms with Gasteiger partial charge in [-0.15, -0.1) is 0 Å². The van der Waals surface area contributed by atoms with Crippen molar-refractivity contribution in [3.8, 4) is 0 Å². The van der Waals surface area contributed by atoms with E-state index in [1.54, 1.807) is 19.2 Å². The van der Waals surface area contributed by atoms with Crippen LogP contribution in [0.2, 0.25) is 0 Å². The van der Waals surface area contributed by atoms with Gasteiger partial charge in [-0.05, 0) is 49.6 Å². The molecule has 2 amide bonds. The topological polar surface area (TPSA) is 86.7 Å². The van der Waals surface area contributed by atoms with E-state index in [1.165, 1.54) is 17.0 Å². The molecule has 6 nitrogen and oxygen atoms in total. The minimum atomic E-state index is -1.01. The van der Waals surface area contributed by atoms with Crippen molar-refractivity contribution in [1.29, 1.82) is 0 Å². The van der Waals surface area contributed by atoms with Crippen molar-refractivity contribution in [3.63, 3.8) is 0 Å². The predicted molar refractivity (Wildman–Crippen MR) is 104 cm³/mol. The summed E-state index contributed by atoms with van der Waals surface area (Å²) in [6.07, 6.45) is 0.103. The second kappa shape index (κ2) is 8.49. The van der Waals surface area contributed by atoms with Crippen LogP contribution in [0.4, 0.5) is 5.69 Å². The Bertz CT molecular complexity index is 849. The van der Waals surface area contributed by atoms with Gasteiger partial charge in [0.2, 0.25) is 11.8 Å². The standard InChI is InChI=1S/C21H24N2O4/c1-13-9-14(2)20(15(3)10-13)22-18(24)12-23(4)19(25)11-16-5-7-17(8-6-16)21(26)27/h5-10H,11-12H2,1-4H3,(H,22,24)(H,26,27). The maximum atomic E-state index is 12.3. The third kappa shape index (κ3) is 5.41. The summed E-state index contributed by atoms with van der Waals surface area (Å²) >= 11 is 0. The van der Waals surface area contributed by atoms with E-state index in [1.807, 2.05) is 32.9 Å². The molecule has 0 unspecified atom stereocenters. The van der Waals surface area contributed by atoms with Crippen molar-refractivity contribution < 1.29 is 19.5 Å². The van der Waals surface area contributed by atoms with E-state index in [4.69, 9.17) is 5.11 Å². The van der Waals surface area contributed by atoms with Crippen LogP contribution >= 0.6 is 0 Å². The number of hydrogen-bond donors (Lipinski definition) is 2. The van der Waals surface area contributed by atoms with Crippen molar-refractivity contribution in [3.05, 3.63) is 64.2 Å². The highest BCUT2D eigenvalue weighted by molar-refractivity contribution is 5.96. The summed E-state index contributed by atoms with van der Waals surface area (Å²) in [7, 11) is 1.57. The highest BCUT2D eigenvalue weighted by Crippen LogP contribution is 2.21. The lowest BCUT2D eigenvalue weighted by Crippen LogP contribution is -2.36. The Morgan fingerprint density at radius 1 is 1.00 bits per heavy atom. The van der Waals surface area contributed by atoms with Gasteiger partial charge in [-0.2, -0.15) is 0 Å². The van der Waals surface area contributed by atoms with Gasteiger partial charge in [0.1, 0.15) is 0 Å². The van der Waals surface area contributed by atoms with E-state index < -0.39 is 5.97 Å². The van der Waals surface area contributed by atoms with Gasteiger partial charge in [-0.1, -0.05) is 29.8 Å². The molecule has 2 N–H and O–H groups in total. The SMILES string of the molecule is Cc1cc(C)c(NC(=O)CN(C)C(=O)Cc2ccc(C(=O)O)cc2)c(C)c1. The van der Waals surface area contributed by atoms with Gasteiger partial charge in [0.05, 0.1) is 18.5 Å². The molecule has 27 heavy (non-hydrogen) atoms. The fourth-order valence-electron chi connectivity index (χ4n) is 2.93.